The molecular weight excluding hydrogens is 292 g/mol. The molecule has 1 saturated heterocycles. The van der Waals surface area contributed by atoms with Crippen molar-refractivity contribution < 1.29 is 4.52 Å². The van der Waals surface area contributed by atoms with E-state index in [1.165, 1.54) is 24.5 Å². The monoisotopic (exact) mass is 314 g/mol. The standard InChI is InChI=1S/C17H22N4O2/c22-16-3-6-18-12-21(16)10-13-4-7-20(8-5-13)11-15-9-19-23-17(15)14-1-2-14/h3,6,9,12-14H,1-2,4-5,7-8,10-11H2. The van der Waals surface area contributed by atoms with E-state index in [0.717, 1.165) is 44.8 Å². The Morgan fingerprint density at radius 3 is 2.78 bits per heavy atom. The zero-order valence-corrected chi connectivity index (χ0v) is 13.2. The molecule has 0 unspecified atom stereocenters. The van der Waals surface area contributed by atoms with Gasteiger partial charge in [0.1, 0.15) is 5.76 Å². The second kappa shape index (κ2) is 6.28. The molecule has 1 aliphatic carbocycles. The number of hydrogen-bond acceptors (Lipinski definition) is 5. The van der Waals surface area contributed by atoms with E-state index in [-0.39, 0.29) is 5.56 Å². The van der Waals surface area contributed by atoms with Gasteiger partial charge in [0.2, 0.25) is 0 Å². The van der Waals surface area contributed by atoms with Gasteiger partial charge in [0.15, 0.2) is 0 Å². The van der Waals surface area contributed by atoms with Crippen molar-refractivity contribution in [3.63, 3.8) is 0 Å². The molecule has 0 amide bonds. The van der Waals surface area contributed by atoms with Gasteiger partial charge in [0.25, 0.3) is 5.56 Å². The molecular formula is C17H22N4O2. The van der Waals surface area contributed by atoms with Gasteiger partial charge in [-0.3, -0.25) is 14.3 Å². The Morgan fingerprint density at radius 1 is 1.22 bits per heavy atom. The van der Waals surface area contributed by atoms with E-state index in [0.29, 0.717) is 11.8 Å². The van der Waals surface area contributed by atoms with Crippen LogP contribution in [0.4, 0.5) is 0 Å². The molecule has 0 N–H and O–H groups in total. The molecule has 1 aliphatic heterocycles. The van der Waals surface area contributed by atoms with E-state index >= 15 is 0 Å². The van der Waals surface area contributed by atoms with Crippen LogP contribution in [0, 0.1) is 5.92 Å². The smallest absolute Gasteiger partial charge is 0.253 e. The fourth-order valence-electron chi connectivity index (χ4n) is 3.43. The molecule has 2 aromatic heterocycles. The summed E-state index contributed by atoms with van der Waals surface area (Å²) in [6.07, 6.45) is 9.80. The van der Waals surface area contributed by atoms with Crippen LogP contribution in [-0.2, 0) is 13.1 Å². The van der Waals surface area contributed by atoms with Gasteiger partial charge in [-0.1, -0.05) is 5.16 Å². The van der Waals surface area contributed by atoms with Gasteiger partial charge in [-0.05, 0) is 44.7 Å². The molecule has 0 spiro atoms. The van der Waals surface area contributed by atoms with Crippen molar-refractivity contribution in [3.05, 3.63) is 46.5 Å². The van der Waals surface area contributed by atoms with E-state index in [2.05, 4.69) is 15.0 Å². The number of rotatable bonds is 5. The molecule has 0 atom stereocenters. The highest BCUT2D eigenvalue weighted by Crippen LogP contribution is 2.41. The van der Waals surface area contributed by atoms with Gasteiger partial charge in [-0.25, -0.2) is 4.98 Å². The maximum Gasteiger partial charge on any atom is 0.253 e. The molecule has 2 aromatic rings. The summed E-state index contributed by atoms with van der Waals surface area (Å²) in [5, 5.41) is 3.98. The number of hydrogen-bond donors (Lipinski definition) is 0. The Balaban J connectivity index is 1.31. The molecule has 4 rings (SSSR count). The molecule has 23 heavy (non-hydrogen) atoms. The van der Waals surface area contributed by atoms with Crippen molar-refractivity contribution in [2.75, 3.05) is 13.1 Å². The van der Waals surface area contributed by atoms with Gasteiger partial charge >= 0.3 is 0 Å². The third-order valence-electron chi connectivity index (χ3n) is 4.97. The quantitative estimate of drug-likeness (QED) is 0.845. The minimum absolute atomic E-state index is 0.0426. The zero-order chi connectivity index (χ0) is 15.6. The highest BCUT2D eigenvalue weighted by Gasteiger charge is 2.31. The first-order chi connectivity index (χ1) is 11.3. The first-order valence-electron chi connectivity index (χ1n) is 8.46. The number of aromatic nitrogens is 3. The highest BCUT2D eigenvalue weighted by molar-refractivity contribution is 5.21. The molecule has 2 fully saturated rings. The summed E-state index contributed by atoms with van der Waals surface area (Å²) in [7, 11) is 0. The van der Waals surface area contributed by atoms with E-state index in [1.54, 1.807) is 17.1 Å². The fraction of sp³-hybridized carbons (Fsp3) is 0.588. The molecule has 1 saturated carbocycles. The lowest BCUT2D eigenvalue weighted by Gasteiger charge is -2.31. The minimum Gasteiger partial charge on any atom is -0.361 e. The van der Waals surface area contributed by atoms with E-state index in [1.807, 2.05) is 6.20 Å². The normalized spacial score (nSPS) is 20.0. The maximum atomic E-state index is 11.8. The average Bonchev–Trinajstić information content (AvgIpc) is 3.31. The Morgan fingerprint density at radius 2 is 2.04 bits per heavy atom. The van der Waals surface area contributed by atoms with Crippen LogP contribution in [0.25, 0.3) is 0 Å². The molecule has 6 nitrogen and oxygen atoms in total. The van der Waals surface area contributed by atoms with Crippen molar-refractivity contribution >= 4 is 0 Å². The van der Waals surface area contributed by atoms with Gasteiger partial charge < -0.3 is 4.52 Å². The van der Waals surface area contributed by atoms with E-state index in [4.69, 9.17) is 4.52 Å². The summed E-state index contributed by atoms with van der Waals surface area (Å²) in [6, 6.07) is 1.53. The van der Waals surface area contributed by atoms with Crippen LogP contribution in [0.2, 0.25) is 0 Å². The lowest BCUT2D eigenvalue weighted by Crippen LogP contribution is -2.36. The Hall–Kier alpha value is -1.95. The molecule has 0 aromatic carbocycles. The Labute approximate surface area is 135 Å². The number of piperidine rings is 1. The molecule has 2 aliphatic rings. The van der Waals surface area contributed by atoms with Gasteiger partial charge in [-0.15, -0.1) is 0 Å². The molecule has 0 radical (unpaired) electrons. The van der Waals surface area contributed by atoms with Crippen molar-refractivity contribution in [3.8, 4) is 0 Å². The van der Waals surface area contributed by atoms with E-state index in [9.17, 15) is 4.79 Å². The predicted molar refractivity (Wildman–Crippen MR) is 85.0 cm³/mol. The topological polar surface area (TPSA) is 64.2 Å². The second-order valence-electron chi connectivity index (χ2n) is 6.78. The summed E-state index contributed by atoms with van der Waals surface area (Å²) < 4.78 is 7.15. The summed E-state index contributed by atoms with van der Waals surface area (Å²) in [4.78, 5) is 18.3. The Kier molecular flexibility index (Phi) is 3.99. The fourth-order valence-corrected chi connectivity index (χ4v) is 3.43. The van der Waals surface area contributed by atoms with Crippen LogP contribution in [0.3, 0.4) is 0 Å². The van der Waals surface area contributed by atoms with Crippen molar-refractivity contribution in [2.24, 2.45) is 5.92 Å². The maximum absolute atomic E-state index is 11.8. The zero-order valence-electron chi connectivity index (χ0n) is 13.2. The summed E-state index contributed by atoms with van der Waals surface area (Å²) in [6.45, 7) is 3.85. The van der Waals surface area contributed by atoms with Crippen LogP contribution < -0.4 is 5.56 Å². The summed E-state index contributed by atoms with van der Waals surface area (Å²) in [5.74, 6) is 2.27. The first kappa shape index (κ1) is 14.6. The van der Waals surface area contributed by atoms with Gasteiger partial charge in [0, 0.05) is 36.8 Å². The van der Waals surface area contributed by atoms with Crippen molar-refractivity contribution in [1.82, 2.24) is 19.6 Å². The van der Waals surface area contributed by atoms with Crippen molar-refractivity contribution in [2.45, 2.75) is 44.7 Å². The van der Waals surface area contributed by atoms with Crippen LogP contribution in [-0.4, -0.2) is 32.7 Å². The SMILES string of the molecule is O=c1ccncn1CC1CCN(Cc2cnoc2C2CC2)CC1. The second-order valence-corrected chi connectivity index (χ2v) is 6.78. The van der Waals surface area contributed by atoms with Gasteiger partial charge in [-0.2, -0.15) is 0 Å². The molecule has 122 valence electrons. The van der Waals surface area contributed by atoms with Crippen molar-refractivity contribution in [1.29, 1.82) is 0 Å². The third-order valence-corrected chi connectivity index (χ3v) is 4.97. The molecule has 3 heterocycles. The van der Waals surface area contributed by atoms with Crippen LogP contribution in [0.1, 0.15) is 42.9 Å². The Bertz CT molecular complexity index is 711. The highest BCUT2D eigenvalue weighted by atomic mass is 16.5. The lowest BCUT2D eigenvalue weighted by molar-refractivity contribution is 0.165. The van der Waals surface area contributed by atoms with E-state index < -0.39 is 0 Å². The van der Waals surface area contributed by atoms with Gasteiger partial charge in [0.05, 0.1) is 12.5 Å². The predicted octanol–water partition coefficient (Wildman–Crippen LogP) is 2.02. The minimum atomic E-state index is 0.0426. The number of nitrogens with zero attached hydrogens (tertiary/aromatic N) is 4. The molecule has 0 bridgehead atoms. The molecule has 6 heteroatoms. The third kappa shape index (κ3) is 3.37. The lowest BCUT2D eigenvalue weighted by atomic mass is 9.96. The van der Waals surface area contributed by atoms with Crippen LogP contribution in [0.5, 0.6) is 0 Å². The van der Waals surface area contributed by atoms with Crippen LogP contribution >= 0.6 is 0 Å². The summed E-state index contributed by atoms with van der Waals surface area (Å²) >= 11 is 0. The largest absolute Gasteiger partial charge is 0.361 e. The number of likely N-dealkylation sites (tertiary alicyclic amines) is 1. The first-order valence-corrected chi connectivity index (χ1v) is 8.46. The van der Waals surface area contributed by atoms with Crippen LogP contribution in [0.15, 0.2) is 34.1 Å². The average molecular weight is 314 g/mol. The summed E-state index contributed by atoms with van der Waals surface area (Å²) in [5.41, 5.74) is 1.30.